The Labute approximate surface area is 376 Å². The summed E-state index contributed by atoms with van der Waals surface area (Å²) >= 11 is 0. The number of amides is 1. The van der Waals surface area contributed by atoms with Gasteiger partial charge >= 0.3 is 30.0 Å². The molecule has 3 fully saturated rings. The molecular weight excluding hydrogens is 854 g/mol. The average molecular weight is 914 g/mol. The predicted octanol–water partition coefficient (Wildman–Crippen LogP) is 3.41. The molecular formula is C46H59NO18. The van der Waals surface area contributed by atoms with Gasteiger partial charge in [-0.1, -0.05) is 32.0 Å². The molecule has 1 saturated heterocycles. The van der Waals surface area contributed by atoms with Gasteiger partial charge in [0.15, 0.2) is 23.6 Å². The van der Waals surface area contributed by atoms with E-state index < -0.39 is 125 Å². The quantitative estimate of drug-likeness (QED) is 0.0696. The fourth-order valence-corrected chi connectivity index (χ4v) is 10.0. The van der Waals surface area contributed by atoms with Gasteiger partial charge in [-0.2, -0.15) is 0 Å². The first-order valence-electron chi connectivity index (χ1n) is 21.4. The third-order valence-corrected chi connectivity index (χ3v) is 13.1. The Hall–Kier alpha value is -5.18. The molecule has 0 spiro atoms. The van der Waals surface area contributed by atoms with Gasteiger partial charge in [-0.05, 0) is 70.0 Å². The summed E-state index contributed by atoms with van der Waals surface area (Å²) in [6, 6.07) is 9.15. The van der Waals surface area contributed by atoms with Crippen molar-refractivity contribution in [3.63, 3.8) is 0 Å². The van der Waals surface area contributed by atoms with E-state index in [1.165, 1.54) is 44.4 Å². The van der Waals surface area contributed by atoms with Crippen molar-refractivity contribution in [1.82, 2.24) is 5.32 Å². The first-order chi connectivity index (χ1) is 30.4. The van der Waals surface area contributed by atoms with E-state index in [-0.39, 0.29) is 48.7 Å². The van der Waals surface area contributed by atoms with Crippen LogP contribution in [0.5, 0.6) is 0 Å². The average Bonchev–Trinajstić information content (AvgIpc) is 3.76. The van der Waals surface area contributed by atoms with Gasteiger partial charge in [0, 0.05) is 32.1 Å². The number of esters is 4. The number of carbonyl (C=O) groups is 6. The molecule has 2 heterocycles. The number of Topliss-reactive ketones (excluding diaryl/α,β-unsaturated/α-hetero) is 1. The van der Waals surface area contributed by atoms with Crippen molar-refractivity contribution in [2.24, 2.45) is 16.7 Å². The maximum Gasteiger partial charge on any atom is 0.408 e. The lowest BCUT2D eigenvalue weighted by atomic mass is 9.44. The van der Waals surface area contributed by atoms with E-state index >= 15 is 4.79 Å². The first-order valence-corrected chi connectivity index (χ1v) is 21.4. The highest BCUT2D eigenvalue weighted by Gasteiger charge is 2.78. The Morgan fingerprint density at radius 3 is 2.23 bits per heavy atom. The third-order valence-electron chi connectivity index (χ3n) is 13.1. The van der Waals surface area contributed by atoms with Gasteiger partial charge in [0.2, 0.25) is 0 Å². The molecule has 4 N–H and O–H groups in total. The molecule has 1 aromatic carbocycles. The number of ketones is 1. The van der Waals surface area contributed by atoms with Crippen molar-refractivity contribution in [3.05, 3.63) is 71.2 Å². The van der Waals surface area contributed by atoms with E-state index in [0.717, 1.165) is 13.8 Å². The standard InChI is InChI=1S/C46H59NO18/c1-24-29(62-40(54)34(51)33(28-16-13-18-58-28)47-41(55)65-42(4,5)6)21-46(56)38(63-39(53)27-14-11-10-12-15-27)36-44(9,37(52)35(61-25(2)49)32(24)43(46,7)8)30(60-23-57-19-17-48)20-31-45(36,22-59-31)64-26(3)50/h10-16,18,29-31,33-36,38,48,51,56H,17,19-23H2,1-9H3,(H,47,55)/t29-,30-,31+,33-,34+,35+,36?,38?,44+,45-,46+/m0/s1. The number of hydrogen-bond donors (Lipinski definition) is 4. The lowest BCUT2D eigenvalue weighted by Gasteiger charge is -2.67. The maximum absolute atomic E-state index is 15.9. The molecule has 2 saturated carbocycles. The summed E-state index contributed by atoms with van der Waals surface area (Å²) in [5.74, 6) is -6.34. The van der Waals surface area contributed by atoms with Crippen molar-refractivity contribution in [3.8, 4) is 0 Å². The third kappa shape index (κ3) is 9.18. The summed E-state index contributed by atoms with van der Waals surface area (Å²) in [6.45, 7) is 12.0. The number of carbonyl (C=O) groups excluding carboxylic acids is 6. The second kappa shape index (κ2) is 18.6. The number of aliphatic hydroxyl groups excluding tert-OH is 2. The molecule has 4 aliphatic rings. The van der Waals surface area contributed by atoms with Crippen LogP contribution in [0.1, 0.15) is 97.3 Å². The lowest BCUT2D eigenvalue weighted by Crippen LogP contribution is -2.82. The molecule has 2 bridgehead atoms. The fourth-order valence-electron chi connectivity index (χ4n) is 10.0. The molecule has 3 aliphatic carbocycles. The van der Waals surface area contributed by atoms with Crippen LogP contribution in [0, 0.1) is 16.7 Å². The summed E-state index contributed by atoms with van der Waals surface area (Å²) in [5, 5.41) is 37.3. The number of benzene rings is 1. The van der Waals surface area contributed by atoms with E-state index in [1.807, 2.05) is 0 Å². The second-order valence-corrected chi connectivity index (χ2v) is 18.7. The second-order valence-electron chi connectivity index (χ2n) is 18.7. The van der Waals surface area contributed by atoms with Gasteiger partial charge in [0.05, 0.1) is 49.1 Å². The van der Waals surface area contributed by atoms with E-state index in [2.05, 4.69) is 5.32 Å². The van der Waals surface area contributed by atoms with Crippen LogP contribution in [-0.2, 0) is 57.1 Å². The summed E-state index contributed by atoms with van der Waals surface area (Å²) in [6.07, 6.45) is -10.00. The SMILES string of the molecule is CC(=O)O[C@H]1C(=O)[C@@]2(C)C(C(OC(=O)c3ccccc3)[C@]3(O)C[C@H](OC(=O)[C@H](O)[C@@H](NC(=O)OC(C)(C)C)c4ccco4)C(C)=C1C3(C)C)[C@]1(OC(C)=O)CO[C@@H]1C[C@@H]2OCOCCO. The molecule has 0 radical (unpaired) electrons. The lowest BCUT2D eigenvalue weighted by molar-refractivity contribution is -0.351. The molecule has 2 unspecified atom stereocenters. The van der Waals surface area contributed by atoms with Crippen LogP contribution in [0.2, 0.25) is 0 Å². The van der Waals surface area contributed by atoms with Crippen LogP contribution in [-0.4, -0.2) is 131 Å². The Kier molecular flexibility index (Phi) is 14.1. The number of hydrogen-bond acceptors (Lipinski definition) is 18. The molecule has 2 aromatic rings. The van der Waals surface area contributed by atoms with E-state index in [9.17, 15) is 39.3 Å². The van der Waals surface area contributed by atoms with Crippen LogP contribution in [0.15, 0.2) is 64.3 Å². The molecule has 1 amide bonds. The zero-order valence-electron chi connectivity index (χ0n) is 37.9. The highest BCUT2D eigenvalue weighted by molar-refractivity contribution is 5.95. The summed E-state index contributed by atoms with van der Waals surface area (Å²) < 4.78 is 53.3. The minimum Gasteiger partial charge on any atom is -0.467 e. The van der Waals surface area contributed by atoms with Gasteiger partial charge in [0.25, 0.3) is 0 Å². The number of alkyl carbamates (subject to hydrolysis) is 1. The van der Waals surface area contributed by atoms with Crippen molar-refractivity contribution in [1.29, 1.82) is 0 Å². The van der Waals surface area contributed by atoms with E-state index in [0.29, 0.717) is 0 Å². The van der Waals surface area contributed by atoms with Crippen LogP contribution >= 0.6 is 0 Å². The minimum atomic E-state index is -2.43. The topological polar surface area (TPSA) is 262 Å². The normalized spacial score (nSPS) is 31.3. The van der Waals surface area contributed by atoms with Gasteiger partial charge < -0.3 is 62.9 Å². The van der Waals surface area contributed by atoms with E-state index in [4.69, 9.17) is 42.3 Å². The summed E-state index contributed by atoms with van der Waals surface area (Å²) in [7, 11) is 0. The monoisotopic (exact) mass is 913 g/mol. The van der Waals surface area contributed by atoms with Crippen molar-refractivity contribution in [2.45, 2.75) is 135 Å². The number of fused-ring (bicyclic) bond motifs is 5. The summed E-state index contributed by atoms with van der Waals surface area (Å²) in [4.78, 5) is 83.9. The fraction of sp³-hybridized carbons (Fsp3) is 0.609. The summed E-state index contributed by atoms with van der Waals surface area (Å²) in [5.41, 5.74) is -8.67. The van der Waals surface area contributed by atoms with Gasteiger partial charge in [-0.25, -0.2) is 14.4 Å². The molecule has 356 valence electrons. The molecule has 1 aliphatic heterocycles. The molecule has 6 rings (SSSR count). The molecule has 19 heteroatoms. The predicted molar refractivity (Wildman–Crippen MR) is 222 cm³/mol. The van der Waals surface area contributed by atoms with Crippen LogP contribution in [0.4, 0.5) is 4.79 Å². The van der Waals surface area contributed by atoms with Crippen molar-refractivity contribution < 1.29 is 86.4 Å². The molecule has 11 atom stereocenters. The highest BCUT2D eigenvalue weighted by Crippen LogP contribution is 2.65. The smallest absolute Gasteiger partial charge is 0.408 e. The van der Waals surface area contributed by atoms with Crippen LogP contribution in [0.3, 0.4) is 0 Å². The van der Waals surface area contributed by atoms with Crippen LogP contribution < -0.4 is 5.32 Å². The number of furan rings is 1. The largest absolute Gasteiger partial charge is 0.467 e. The zero-order valence-corrected chi connectivity index (χ0v) is 37.9. The highest BCUT2D eigenvalue weighted by atomic mass is 16.7. The number of aliphatic hydroxyl groups is 3. The van der Waals surface area contributed by atoms with Crippen molar-refractivity contribution in [2.75, 3.05) is 26.6 Å². The van der Waals surface area contributed by atoms with E-state index in [1.54, 1.807) is 52.8 Å². The van der Waals surface area contributed by atoms with Gasteiger partial charge in [0.1, 0.15) is 48.1 Å². The Balaban J connectivity index is 1.56. The molecule has 1 aromatic heterocycles. The Morgan fingerprint density at radius 2 is 1.66 bits per heavy atom. The first kappa shape index (κ1) is 49.3. The minimum absolute atomic E-state index is 0.0163. The van der Waals surface area contributed by atoms with Crippen molar-refractivity contribution >= 4 is 35.8 Å². The maximum atomic E-state index is 15.9. The number of rotatable bonds is 14. The molecule has 19 nitrogen and oxygen atoms in total. The number of ether oxygens (including phenoxy) is 8. The van der Waals surface area contributed by atoms with Gasteiger partial charge in [-0.15, -0.1) is 0 Å². The molecule has 65 heavy (non-hydrogen) atoms. The van der Waals surface area contributed by atoms with Gasteiger partial charge in [-0.3, -0.25) is 14.4 Å². The number of nitrogens with one attached hydrogen (secondary N) is 1. The zero-order chi connectivity index (χ0) is 47.9. The Morgan fingerprint density at radius 1 is 0.969 bits per heavy atom. The Bertz CT molecular complexity index is 2150. The van der Waals surface area contributed by atoms with Crippen LogP contribution in [0.25, 0.3) is 0 Å².